The summed E-state index contributed by atoms with van der Waals surface area (Å²) in [4.78, 5) is 51.2. The van der Waals surface area contributed by atoms with Gasteiger partial charge in [0.15, 0.2) is 42.2 Å². The first-order valence-electron chi connectivity index (χ1n) is 33.2. The number of carbonyl (C=O) groups excluding carboxylic acids is 3. The van der Waals surface area contributed by atoms with Gasteiger partial charge >= 0.3 is 23.9 Å². The van der Waals surface area contributed by atoms with Gasteiger partial charge in [0.25, 0.3) is 0 Å². The molecule has 4 aromatic rings. The molecule has 538 valence electrons. The molecule has 0 saturated heterocycles. The van der Waals surface area contributed by atoms with Crippen molar-refractivity contribution < 1.29 is 78.4 Å². The minimum atomic E-state index is -1.72. The number of aliphatic hydroxyl groups is 7. The van der Waals surface area contributed by atoms with Crippen LogP contribution < -0.4 is 5.32 Å². The minimum Gasteiger partial charge on any atom is -0.479 e. The summed E-state index contributed by atoms with van der Waals surface area (Å²) in [6.45, 7) is -0.265. The number of aliphatic hydroxyl groups excluding tert-OH is 3. The van der Waals surface area contributed by atoms with Crippen molar-refractivity contribution in [2.24, 2.45) is 23.7 Å². The summed E-state index contributed by atoms with van der Waals surface area (Å²) in [7, 11) is 15.0. The quantitative estimate of drug-likeness (QED) is 0.0166. The van der Waals surface area contributed by atoms with Gasteiger partial charge in [0.05, 0.1) is 12.4 Å². The zero-order valence-electron chi connectivity index (χ0n) is 57.0. The maximum atomic E-state index is 12.7. The lowest BCUT2D eigenvalue weighted by Gasteiger charge is -2.36. The number of carboxylic acids is 1. The van der Waals surface area contributed by atoms with Crippen LogP contribution in [0.15, 0.2) is 121 Å². The summed E-state index contributed by atoms with van der Waals surface area (Å²) in [5.41, 5.74) is -4.29. The Hall–Kier alpha value is -6.34. The molecule has 4 saturated carbocycles. The highest BCUT2D eigenvalue weighted by Crippen LogP contribution is 2.44. The predicted molar refractivity (Wildman–Crippen MR) is 385 cm³/mol. The second-order valence-corrected chi connectivity index (χ2v) is 26.6. The third-order valence-electron chi connectivity index (χ3n) is 16.9. The number of benzene rings is 4. The summed E-state index contributed by atoms with van der Waals surface area (Å²) >= 11 is 5.10. The van der Waals surface area contributed by atoms with Gasteiger partial charge in [-0.15, -0.1) is 11.6 Å². The van der Waals surface area contributed by atoms with Crippen LogP contribution in [0.5, 0.6) is 0 Å². The van der Waals surface area contributed by atoms with Gasteiger partial charge in [0.2, 0.25) is 9.23 Å². The van der Waals surface area contributed by atoms with E-state index < -0.39 is 55.5 Å². The summed E-state index contributed by atoms with van der Waals surface area (Å²) in [6.07, 6.45) is 19.2. The Balaban J connectivity index is 0.000000420. The molecular formula is C76H101Cl3N2O16S. The maximum absolute atomic E-state index is 12.7. The third-order valence-corrected chi connectivity index (χ3v) is 17.1. The first kappa shape index (κ1) is 87.7. The highest BCUT2D eigenvalue weighted by atomic mass is 36.0. The number of nitrogens with zero attached hydrogens (tertiary/aromatic N) is 1. The normalized spacial score (nSPS) is 16.9. The highest BCUT2D eigenvalue weighted by Gasteiger charge is 2.50. The molecule has 18 nitrogen and oxygen atoms in total. The molecule has 4 atom stereocenters. The molecule has 4 aliphatic carbocycles. The van der Waals surface area contributed by atoms with Crippen molar-refractivity contribution in [3.8, 4) is 47.4 Å². The number of alkyl halides is 1. The van der Waals surface area contributed by atoms with Gasteiger partial charge in [0, 0.05) is 45.0 Å². The van der Waals surface area contributed by atoms with Crippen molar-refractivity contribution in [3.05, 3.63) is 144 Å². The molecule has 4 aromatic carbocycles. The maximum Gasteiger partial charge on any atom is 0.344 e. The smallest absolute Gasteiger partial charge is 0.344 e. The Morgan fingerprint density at radius 3 is 0.878 bits per heavy atom. The van der Waals surface area contributed by atoms with Gasteiger partial charge in [0.1, 0.15) is 19.8 Å². The van der Waals surface area contributed by atoms with Crippen LogP contribution in [0.1, 0.15) is 151 Å². The van der Waals surface area contributed by atoms with Crippen molar-refractivity contribution in [2.75, 3.05) is 80.3 Å². The van der Waals surface area contributed by atoms with Crippen molar-refractivity contribution in [1.82, 2.24) is 10.2 Å². The molecule has 4 fully saturated rings. The average Bonchev–Trinajstić information content (AvgIpc) is 0.800. The predicted octanol–water partition coefficient (Wildman–Crippen LogP) is 10.2. The molecule has 0 spiro atoms. The number of halogens is 3. The van der Waals surface area contributed by atoms with Crippen LogP contribution in [0, 0.1) is 71.0 Å². The van der Waals surface area contributed by atoms with E-state index in [0.717, 1.165) is 128 Å². The largest absolute Gasteiger partial charge is 0.479 e. The molecule has 0 aliphatic heterocycles. The molecule has 9 N–H and O–H groups in total. The minimum absolute atomic E-state index is 0.00847. The molecule has 0 aromatic heterocycles. The van der Waals surface area contributed by atoms with E-state index in [0.29, 0.717) is 34.7 Å². The Labute approximate surface area is 597 Å². The van der Waals surface area contributed by atoms with E-state index in [1.54, 1.807) is 60.7 Å². The molecule has 98 heavy (non-hydrogen) atoms. The van der Waals surface area contributed by atoms with Crippen LogP contribution in [0.3, 0.4) is 0 Å². The van der Waals surface area contributed by atoms with E-state index in [1.807, 2.05) is 93.8 Å². The van der Waals surface area contributed by atoms with Gasteiger partial charge in [-0.2, -0.15) is 0 Å². The number of hydrogen-bond donors (Lipinski definition) is 9. The lowest BCUT2D eigenvalue weighted by Crippen LogP contribution is -2.45. The summed E-state index contributed by atoms with van der Waals surface area (Å²) in [6, 6.07) is 35.9. The summed E-state index contributed by atoms with van der Waals surface area (Å²) in [5.74, 6) is 17.2. The molecule has 22 heteroatoms. The van der Waals surface area contributed by atoms with Crippen molar-refractivity contribution >= 4 is 66.1 Å². The molecule has 0 heterocycles. The lowest BCUT2D eigenvalue weighted by atomic mass is 9.73. The van der Waals surface area contributed by atoms with Crippen molar-refractivity contribution in [3.63, 3.8) is 0 Å². The average molecular weight is 1440 g/mol. The monoisotopic (exact) mass is 1430 g/mol. The van der Waals surface area contributed by atoms with Crippen LogP contribution in [0.4, 0.5) is 0 Å². The number of ether oxygens (including phenoxy) is 3. The number of carbonyl (C=O) groups is 4. The van der Waals surface area contributed by atoms with E-state index in [1.165, 1.54) is 0 Å². The molecule has 0 bridgehead atoms. The third kappa shape index (κ3) is 30.2. The fourth-order valence-corrected chi connectivity index (χ4v) is 12.3. The SMILES string of the molecule is CN(C)CC#CCOC(=O)C(O)(c1ccccc1)C1CCCCC1.CNC.O=C(O)C(O)(c1ccccc1)C1CCCCC1.O=C(OCC#CCO)C(O)(c1ccccc1)C1CCCCC1.O=C(OCC#CCO)C(O)(c1ccccc1)C1CCCCC1.O=S(Cl)Cl.OCC#CCCl. The Bertz CT molecular complexity index is 3050. The van der Waals surface area contributed by atoms with Gasteiger partial charge in [-0.1, -0.05) is 246 Å². The number of nitrogens with one attached hydrogen (secondary N) is 1. The molecule has 0 radical (unpaired) electrons. The zero-order valence-corrected chi connectivity index (χ0v) is 60.1. The fourth-order valence-electron chi connectivity index (χ4n) is 12.2. The van der Waals surface area contributed by atoms with E-state index in [9.17, 15) is 44.7 Å². The Kier molecular flexibility index (Phi) is 45.6. The zero-order chi connectivity index (χ0) is 72.5. The summed E-state index contributed by atoms with van der Waals surface area (Å²) < 4.78 is 24.7. The number of aliphatic carboxylic acids is 1. The van der Waals surface area contributed by atoms with Crippen LogP contribution in [0.25, 0.3) is 0 Å². The molecular weight excluding hydrogens is 1340 g/mol. The first-order valence-corrected chi connectivity index (χ1v) is 36.5. The molecule has 0 amide bonds. The van der Waals surface area contributed by atoms with Gasteiger partial charge < -0.3 is 60.4 Å². The van der Waals surface area contributed by atoms with E-state index in [4.69, 9.17) is 45.3 Å². The second kappa shape index (κ2) is 50.9. The van der Waals surface area contributed by atoms with E-state index in [-0.39, 0.29) is 63.3 Å². The fraction of sp³-hybridized carbons (Fsp3) is 0.526. The van der Waals surface area contributed by atoms with Gasteiger partial charge in [-0.05, 0) is 102 Å². The molecule has 8 rings (SSSR count). The summed E-state index contributed by atoms with van der Waals surface area (Å²) in [5, 5.41) is 81.5. The van der Waals surface area contributed by atoms with E-state index in [2.05, 4.69) is 74.0 Å². The van der Waals surface area contributed by atoms with Gasteiger partial charge in [-0.25, -0.2) is 23.4 Å². The van der Waals surface area contributed by atoms with Crippen LogP contribution in [-0.4, -0.2) is 154 Å². The van der Waals surface area contributed by atoms with Crippen LogP contribution in [0.2, 0.25) is 0 Å². The molecule has 4 aliphatic rings. The van der Waals surface area contributed by atoms with Crippen LogP contribution >= 0.6 is 33.0 Å². The number of rotatable bonds is 16. The number of carboxylic acid groups (broad SMARTS) is 1. The first-order chi connectivity index (χ1) is 47.1. The second-order valence-electron chi connectivity index (χ2n) is 23.8. The standard InChI is InChI=1S/C20H27NO3.2C18H22O4.C14H18O3.C4H5ClO.C2H7N.Cl2OS/c1-21(2)15-9-10-16-24-19(22)20(23,17-11-5-3-6-12-17)18-13-7-4-8-14-18;2*19-13-7-8-14-22-17(20)18(21,15-9-3-1-4-10-15)16-11-5-2-6-12-16;15-13(16)14(17,11-7-3-1-4-8-11)12-9-5-2-6-10-12;5-3-1-2-4-6;1-3-2;1-4(2)3/h3,5-6,11-12,18,23H,4,7-8,13-16H2,1-2H3;2*1,3-4,9-10,16,19,21H,2,5-6,11-14H2;1,3-4,7-8,12,17H,2,5-6,9-10H2,(H,15,16);6H,3-4H2;3H,1-2H3;. The highest BCUT2D eigenvalue weighted by molar-refractivity contribution is 8.26. The Morgan fingerprint density at radius 2 is 0.663 bits per heavy atom. The van der Waals surface area contributed by atoms with Gasteiger partial charge in [-0.3, -0.25) is 4.90 Å². The van der Waals surface area contributed by atoms with E-state index >= 15 is 0 Å². The van der Waals surface area contributed by atoms with Crippen molar-refractivity contribution in [2.45, 2.75) is 151 Å². The van der Waals surface area contributed by atoms with Crippen LogP contribution in [-0.2, 0) is 65.0 Å². The number of esters is 3. The number of hydrogen-bond acceptors (Lipinski definition) is 17. The lowest BCUT2D eigenvalue weighted by molar-refractivity contribution is -0.174. The van der Waals surface area contributed by atoms with Crippen molar-refractivity contribution in [1.29, 1.82) is 0 Å². The topological polar surface area (TPSA) is 290 Å². The molecule has 4 unspecified atom stereocenters. The Morgan fingerprint density at radius 1 is 0.439 bits per heavy atom.